The second-order valence-corrected chi connectivity index (χ2v) is 8.79. The third-order valence-electron chi connectivity index (χ3n) is 5.84. The lowest BCUT2D eigenvalue weighted by Crippen LogP contribution is -2.37. The van der Waals surface area contributed by atoms with Crippen molar-refractivity contribution >= 4 is 34.8 Å². The average molecular weight is 482 g/mol. The molecule has 0 spiro atoms. The fraction of sp³-hybridized carbons (Fsp3) is 0.333. The summed E-state index contributed by atoms with van der Waals surface area (Å²) in [6.07, 6.45) is 6.18. The van der Waals surface area contributed by atoms with E-state index in [2.05, 4.69) is 20.6 Å². The van der Waals surface area contributed by atoms with Gasteiger partial charge >= 0.3 is 0 Å². The van der Waals surface area contributed by atoms with Crippen LogP contribution in [-0.2, 0) is 17.8 Å². The molecule has 0 radical (unpaired) electrons. The van der Waals surface area contributed by atoms with E-state index in [0.717, 1.165) is 37.7 Å². The van der Waals surface area contributed by atoms with Crippen molar-refractivity contribution in [3.63, 3.8) is 0 Å². The molecule has 0 atom stereocenters. The maximum Gasteiger partial charge on any atom is 0.294 e. The summed E-state index contributed by atoms with van der Waals surface area (Å²) in [6.45, 7) is 0.266. The van der Waals surface area contributed by atoms with Gasteiger partial charge in [0.25, 0.3) is 5.56 Å². The van der Waals surface area contributed by atoms with Gasteiger partial charge in [0.05, 0.1) is 5.69 Å². The summed E-state index contributed by atoms with van der Waals surface area (Å²) >= 11 is 6.53. The molecule has 1 aliphatic carbocycles. The number of benzene rings is 1. The van der Waals surface area contributed by atoms with Gasteiger partial charge in [-0.2, -0.15) is 0 Å². The molecule has 1 aliphatic rings. The lowest BCUT2D eigenvalue weighted by Gasteiger charge is -2.27. The van der Waals surface area contributed by atoms with Gasteiger partial charge in [0.15, 0.2) is 11.0 Å². The number of halogens is 1. The van der Waals surface area contributed by atoms with Crippen molar-refractivity contribution in [2.24, 2.45) is 0 Å². The fourth-order valence-corrected chi connectivity index (χ4v) is 4.16. The monoisotopic (exact) mass is 481 g/mol. The molecule has 1 saturated carbocycles. The molecule has 1 fully saturated rings. The fourth-order valence-electron chi connectivity index (χ4n) is 3.86. The molecular weight excluding hydrogens is 454 g/mol. The van der Waals surface area contributed by atoms with Gasteiger partial charge in [0, 0.05) is 30.0 Å². The number of hydrogen-bond donors (Lipinski definition) is 4. The Morgan fingerprint density at radius 1 is 1.21 bits per heavy atom. The van der Waals surface area contributed by atoms with Crippen LogP contribution in [0.25, 0.3) is 11.3 Å². The van der Waals surface area contributed by atoms with E-state index in [-0.39, 0.29) is 29.5 Å². The molecule has 178 valence electrons. The SMILES string of the molecule is Nc1cccc(-c2c(Cl)nc(NC3CCC3)c(=O)n2CC(=O)NCCCc2ccnc(N)c2)c1. The smallest absolute Gasteiger partial charge is 0.294 e. The Bertz CT molecular complexity index is 1240. The molecule has 4 rings (SSSR count). The molecule has 10 heteroatoms. The molecule has 0 saturated heterocycles. The number of aryl methyl sites for hydroxylation is 1. The van der Waals surface area contributed by atoms with Crippen LogP contribution in [-0.4, -0.2) is 33.0 Å². The van der Waals surface area contributed by atoms with Crippen LogP contribution >= 0.6 is 11.6 Å². The predicted molar refractivity (Wildman–Crippen MR) is 135 cm³/mol. The van der Waals surface area contributed by atoms with E-state index < -0.39 is 5.56 Å². The number of pyridine rings is 1. The molecule has 0 aliphatic heterocycles. The lowest BCUT2D eigenvalue weighted by atomic mass is 9.93. The minimum atomic E-state index is -0.392. The van der Waals surface area contributed by atoms with Crippen LogP contribution in [0, 0.1) is 0 Å². The number of anilines is 3. The number of aromatic nitrogens is 3. The van der Waals surface area contributed by atoms with Gasteiger partial charge in [-0.3, -0.25) is 14.2 Å². The van der Waals surface area contributed by atoms with Crippen LogP contribution in [0.15, 0.2) is 47.4 Å². The average Bonchev–Trinajstić information content (AvgIpc) is 2.77. The number of nitrogen functional groups attached to an aromatic ring is 2. The summed E-state index contributed by atoms with van der Waals surface area (Å²) < 4.78 is 1.37. The van der Waals surface area contributed by atoms with Gasteiger partial charge in [-0.1, -0.05) is 23.7 Å². The molecule has 2 aromatic heterocycles. The van der Waals surface area contributed by atoms with Crippen molar-refractivity contribution in [1.82, 2.24) is 19.9 Å². The Morgan fingerprint density at radius 2 is 2.03 bits per heavy atom. The number of nitrogens with one attached hydrogen (secondary N) is 2. The molecule has 6 N–H and O–H groups in total. The zero-order valence-corrected chi connectivity index (χ0v) is 19.5. The topological polar surface area (TPSA) is 141 Å². The van der Waals surface area contributed by atoms with Crippen LogP contribution in [0.2, 0.25) is 5.15 Å². The van der Waals surface area contributed by atoms with E-state index in [4.69, 9.17) is 23.1 Å². The standard InChI is InChI=1S/C24H28ClN7O2/c25-22-21(16-5-1-6-17(26)13-16)32(24(34)23(31-22)30-18-7-2-8-18)14-20(33)29-10-3-4-15-9-11-28-19(27)12-15/h1,5-6,9,11-13,18H,2-4,7-8,10,14,26H2,(H2,27,28)(H,29,33)(H,30,31). The number of rotatable bonds is 9. The summed E-state index contributed by atoms with van der Waals surface area (Å²) in [5.41, 5.74) is 13.8. The largest absolute Gasteiger partial charge is 0.399 e. The van der Waals surface area contributed by atoms with E-state index in [9.17, 15) is 9.59 Å². The summed E-state index contributed by atoms with van der Waals surface area (Å²) in [4.78, 5) is 34.4. The van der Waals surface area contributed by atoms with Gasteiger partial charge in [0.2, 0.25) is 5.91 Å². The lowest BCUT2D eigenvalue weighted by molar-refractivity contribution is -0.121. The first kappa shape index (κ1) is 23.6. The van der Waals surface area contributed by atoms with Crippen molar-refractivity contribution in [3.8, 4) is 11.3 Å². The molecule has 0 bridgehead atoms. The minimum Gasteiger partial charge on any atom is -0.399 e. The van der Waals surface area contributed by atoms with Gasteiger partial charge < -0.3 is 22.1 Å². The van der Waals surface area contributed by atoms with Crippen molar-refractivity contribution in [2.45, 2.75) is 44.7 Å². The van der Waals surface area contributed by atoms with Gasteiger partial charge in [0.1, 0.15) is 12.4 Å². The van der Waals surface area contributed by atoms with Gasteiger partial charge in [-0.05, 0) is 61.9 Å². The van der Waals surface area contributed by atoms with E-state index in [0.29, 0.717) is 29.3 Å². The Hall–Kier alpha value is -3.59. The highest BCUT2D eigenvalue weighted by atomic mass is 35.5. The second-order valence-electron chi connectivity index (χ2n) is 8.43. The summed E-state index contributed by atoms with van der Waals surface area (Å²) in [6, 6.07) is 10.9. The Labute approximate surface area is 202 Å². The van der Waals surface area contributed by atoms with Crippen molar-refractivity contribution in [2.75, 3.05) is 23.3 Å². The number of amides is 1. The van der Waals surface area contributed by atoms with Crippen molar-refractivity contribution in [1.29, 1.82) is 0 Å². The number of carbonyl (C=O) groups excluding carboxylic acids is 1. The zero-order valence-electron chi connectivity index (χ0n) is 18.8. The number of carbonyl (C=O) groups is 1. The third kappa shape index (κ3) is 5.66. The molecule has 1 amide bonds. The first-order chi connectivity index (χ1) is 16.4. The number of nitrogens with zero attached hydrogens (tertiary/aromatic N) is 3. The molecule has 3 aromatic rings. The summed E-state index contributed by atoms with van der Waals surface area (Å²) in [5, 5.41) is 6.18. The molecule has 2 heterocycles. The summed E-state index contributed by atoms with van der Waals surface area (Å²) in [7, 11) is 0. The predicted octanol–water partition coefficient (Wildman–Crippen LogP) is 2.84. The molecule has 9 nitrogen and oxygen atoms in total. The first-order valence-electron chi connectivity index (χ1n) is 11.3. The molecular formula is C24H28ClN7O2. The molecule has 1 aromatic carbocycles. The number of hydrogen-bond acceptors (Lipinski definition) is 7. The van der Waals surface area contributed by atoms with Gasteiger partial charge in [-0.15, -0.1) is 0 Å². The van der Waals surface area contributed by atoms with E-state index in [1.54, 1.807) is 30.5 Å². The highest BCUT2D eigenvalue weighted by Gasteiger charge is 2.23. The highest BCUT2D eigenvalue weighted by Crippen LogP contribution is 2.29. The first-order valence-corrected chi connectivity index (χ1v) is 11.7. The second kappa shape index (κ2) is 10.6. The maximum atomic E-state index is 13.3. The Morgan fingerprint density at radius 3 is 2.74 bits per heavy atom. The van der Waals surface area contributed by atoms with E-state index >= 15 is 0 Å². The van der Waals surface area contributed by atoms with E-state index in [1.807, 2.05) is 12.1 Å². The summed E-state index contributed by atoms with van der Waals surface area (Å²) in [5.74, 6) is 0.333. The maximum absolute atomic E-state index is 13.3. The Balaban J connectivity index is 1.52. The van der Waals surface area contributed by atoms with Crippen molar-refractivity contribution < 1.29 is 4.79 Å². The van der Waals surface area contributed by atoms with Crippen LogP contribution in [0.4, 0.5) is 17.3 Å². The molecule has 0 unspecified atom stereocenters. The normalized spacial score (nSPS) is 13.3. The Kier molecular flexibility index (Phi) is 7.32. The van der Waals surface area contributed by atoms with Crippen LogP contribution in [0.1, 0.15) is 31.2 Å². The van der Waals surface area contributed by atoms with Crippen molar-refractivity contribution in [3.05, 3.63) is 63.7 Å². The van der Waals surface area contributed by atoms with Crippen LogP contribution in [0.5, 0.6) is 0 Å². The number of nitrogens with two attached hydrogens (primary N) is 2. The zero-order chi connectivity index (χ0) is 24.1. The van der Waals surface area contributed by atoms with E-state index in [1.165, 1.54) is 4.57 Å². The van der Waals surface area contributed by atoms with Crippen LogP contribution in [0.3, 0.4) is 0 Å². The third-order valence-corrected chi connectivity index (χ3v) is 6.10. The molecule has 34 heavy (non-hydrogen) atoms. The minimum absolute atomic E-state index is 0.134. The van der Waals surface area contributed by atoms with Crippen LogP contribution < -0.4 is 27.7 Å². The highest BCUT2D eigenvalue weighted by molar-refractivity contribution is 6.32. The van der Waals surface area contributed by atoms with Gasteiger partial charge in [-0.25, -0.2) is 9.97 Å². The quantitative estimate of drug-likeness (QED) is 0.272.